The molecule has 0 radical (unpaired) electrons. The standard InChI is InChI=1S/C26H32N8O/c1-17-14-28-15-18(2)32(17)21-5-3-4-19(12-21)24-13-22(25-26(27)29-16-31-34(24)25)23-6-9-30-33(23)20-7-10-35-11-8-20/h3-6,9,12-13,16-18,20,28H,7-8,10-11,14-15H2,1-2H3,(H2,27,29,31)/t17-,18+. The Balaban J connectivity index is 1.48. The van der Waals surface area contributed by atoms with Gasteiger partial charge in [-0.3, -0.25) is 4.68 Å². The van der Waals surface area contributed by atoms with Crippen LogP contribution >= 0.6 is 0 Å². The molecule has 3 aromatic heterocycles. The van der Waals surface area contributed by atoms with Gasteiger partial charge in [-0.05, 0) is 51.0 Å². The number of nitrogens with one attached hydrogen (secondary N) is 1. The highest BCUT2D eigenvalue weighted by molar-refractivity contribution is 5.91. The van der Waals surface area contributed by atoms with Gasteiger partial charge in [0.15, 0.2) is 5.82 Å². The van der Waals surface area contributed by atoms with E-state index in [2.05, 4.69) is 80.3 Å². The van der Waals surface area contributed by atoms with Crippen molar-refractivity contribution in [2.24, 2.45) is 0 Å². The molecule has 2 atom stereocenters. The van der Waals surface area contributed by atoms with Gasteiger partial charge in [0, 0.05) is 61.4 Å². The van der Waals surface area contributed by atoms with Crippen LogP contribution in [-0.4, -0.2) is 62.8 Å². The molecule has 2 fully saturated rings. The molecular weight excluding hydrogens is 440 g/mol. The summed E-state index contributed by atoms with van der Waals surface area (Å²) >= 11 is 0. The van der Waals surface area contributed by atoms with Crippen molar-refractivity contribution in [3.8, 4) is 22.5 Å². The molecule has 2 aliphatic rings. The number of nitrogen functional groups attached to an aromatic ring is 1. The number of aromatic nitrogens is 5. The molecule has 0 bridgehead atoms. The van der Waals surface area contributed by atoms with Crippen LogP contribution in [0.5, 0.6) is 0 Å². The average Bonchev–Trinajstić information content (AvgIpc) is 3.50. The fraction of sp³-hybridized carbons (Fsp3) is 0.423. The summed E-state index contributed by atoms with van der Waals surface area (Å²) in [5, 5.41) is 12.8. The number of rotatable bonds is 4. The summed E-state index contributed by atoms with van der Waals surface area (Å²) < 4.78 is 9.62. The molecule has 2 aliphatic heterocycles. The van der Waals surface area contributed by atoms with Gasteiger partial charge in [0.1, 0.15) is 11.8 Å². The van der Waals surface area contributed by atoms with Crippen molar-refractivity contribution in [1.82, 2.24) is 29.7 Å². The van der Waals surface area contributed by atoms with E-state index >= 15 is 0 Å². The zero-order valence-corrected chi connectivity index (χ0v) is 20.3. The Labute approximate surface area is 204 Å². The zero-order chi connectivity index (χ0) is 23.9. The number of piperazine rings is 1. The highest BCUT2D eigenvalue weighted by Crippen LogP contribution is 2.37. The third-order valence-electron chi connectivity index (χ3n) is 7.33. The third kappa shape index (κ3) is 3.84. The van der Waals surface area contributed by atoms with Gasteiger partial charge in [0.05, 0.1) is 17.4 Å². The van der Waals surface area contributed by atoms with Gasteiger partial charge in [-0.1, -0.05) is 12.1 Å². The van der Waals surface area contributed by atoms with Gasteiger partial charge in [0.2, 0.25) is 0 Å². The van der Waals surface area contributed by atoms with Gasteiger partial charge in [0.25, 0.3) is 0 Å². The van der Waals surface area contributed by atoms with Gasteiger partial charge in [-0.25, -0.2) is 9.50 Å². The lowest BCUT2D eigenvalue weighted by Gasteiger charge is -2.41. The van der Waals surface area contributed by atoms with E-state index in [1.165, 1.54) is 12.0 Å². The monoisotopic (exact) mass is 472 g/mol. The summed E-state index contributed by atoms with van der Waals surface area (Å²) in [5.74, 6) is 0.460. The molecular formula is C26H32N8O. The summed E-state index contributed by atoms with van der Waals surface area (Å²) in [7, 11) is 0. The van der Waals surface area contributed by atoms with Crippen LogP contribution < -0.4 is 16.0 Å². The van der Waals surface area contributed by atoms with Crippen molar-refractivity contribution < 1.29 is 4.74 Å². The molecule has 6 rings (SSSR count). The second-order valence-corrected chi connectivity index (χ2v) is 9.67. The first-order chi connectivity index (χ1) is 17.1. The lowest BCUT2D eigenvalue weighted by Crippen LogP contribution is -2.55. The Kier molecular flexibility index (Phi) is 5.66. The lowest BCUT2D eigenvalue weighted by molar-refractivity contribution is 0.0667. The first-order valence-corrected chi connectivity index (χ1v) is 12.4. The number of benzene rings is 1. The molecule has 0 aliphatic carbocycles. The molecule has 0 saturated carbocycles. The highest BCUT2D eigenvalue weighted by atomic mass is 16.5. The molecule has 1 aromatic carbocycles. The topological polar surface area (TPSA) is 98.5 Å². The van der Waals surface area contributed by atoms with Crippen molar-refractivity contribution in [2.75, 3.05) is 36.9 Å². The maximum absolute atomic E-state index is 6.43. The van der Waals surface area contributed by atoms with E-state index in [9.17, 15) is 0 Å². The van der Waals surface area contributed by atoms with Crippen LogP contribution in [0.3, 0.4) is 0 Å². The van der Waals surface area contributed by atoms with Gasteiger partial charge < -0.3 is 20.7 Å². The van der Waals surface area contributed by atoms with Crippen LogP contribution in [0.2, 0.25) is 0 Å². The molecule has 2 saturated heterocycles. The lowest BCUT2D eigenvalue weighted by atomic mass is 10.0. The number of anilines is 2. The van der Waals surface area contributed by atoms with E-state index in [0.29, 0.717) is 23.9 Å². The molecule has 9 nitrogen and oxygen atoms in total. The van der Waals surface area contributed by atoms with Crippen LogP contribution in [0.1, 0.15) is 32.7 Å². The zero-order valence-electron chi connectivity index (χ0n) is 20.3. The number of fused-ring (bicyclic) bond motifs is 1. The Bertz CT molecular complexity index is 1330. The molecule has 182 valence electrons. The van der Waals surface area contributed by atoms with Crippen LogP contribution in [0.25, 0.3) is 28.0 Å². The van der Waals surface area contributed by atoms with Crippen molar-refractivity contribution in [1.29, 1.82) is 0 Å². The Morgan fingerprint density at radius 1 is 1.00 bits per heavy atom. The van der Waals surface area contributed by atoms with E-state index in [4.69, 9.17) is 10.5 Å². The molecule has 5 heterocycles. The Hall–Kier alpha value is -3.43. The Morgan fingerprint density at radius 3 is 2.60 bits per heavy atom. The summed E-state index contributed by atoms with van der Waals surface area (Å²) in [6.45, 7) is 8.01. The first-order valence-electron chi connectivity index (χ1n) is 12.4. The van der Waals surface area contributed by atoms with E-state index in [1.54, 1.807) is 0 Å². The first kappa shape index (κ1) is 22.1. The van der Waals surface area contributed by atoms with Crippen LogP contribution in [0, 0.1) is 0 Å². The fourth-order valence-electron chi connectivity index (χ4n) is 5.68. The van der Waals surface area contributed by atoms with E-state index in [-0.39, 0.29) is 0 Å². The van der Waals surface area contributed by atoms with Crippen LogP contribution in [0.4, 0.5) is 11.5 Å². The molecule has 35 heavy (non-hydrogen) atoms. The van der Waals surface area contributed by atoms with E-state index in [1.807, 2.05) is 10.7 Å². The predicted molar refractivity (Wildman–Crippen MR) is 137 cm³/mol. The summed E-state index contributed by atoms with van der Waals surface area (Å²) in [6.07, 6.45) is 5.28. The minimum absolute atomic E-state index is 0.303. The van der Waals surface area contributed by atoms with Crippen molar-refractivity contribution in [3.63, 3.8) is 0 Å². The molecule has 0 amide bonds. The summed E-state index contributed by atoms with van der Waals surface area (Å²) in [5.41, 5.74) is 12.6. The van der Waals surface area contributed by atoms with Crippen molar-refractivity contribution >= 4 is 17.0 Å². The molecule has 3 N–H and O–H groups in total. The smallest absolute Gasteiger partial charge is 0.152 e. The van der Waals surface area contributed by atoms with Crippen molar-refractivity contribution in [2.45, 2.75) is 44.8 Å². The minimum atomic E-state index is 0.303. The fourth-order valence-corrected chi connectivity index (χ4v) is 5.68. The number of hydrogen-bond donors (Lipinski definition) is 2. The number of nitrogens with zero attached hydrogens (tertiary/aromatic N) is 6. The summed E-state index contributed by atoms with van der Waals surface area (Å²) in [4.78, 5) is 6.82. The largest absolute Gasteiger partial charge is 0.382 e. The molecule has 0 spiro atoms. The highest BCUT2D eigenvalue weighted by Gasteiger charge is 2.26. The van der Waals surface area contributed by atoms with Gasteiger partial charge >= 0.3 is 0 Å². The minimum Gasteiger partial charge on any atom is -0.382 e. The van der Waals surface area contributed by atoms with Crippen LogP contribution in [0.15, 0.2) is 48.9 Å². The number of nitrogens with two attached hydrogens (primary N) is 1. The summed E-state index contributed by atoms with van der Waals surface area (Å²) in [6, 6.07) is 14.1. The maximum Gasteiger partial charge on any atom is 0.152 e. The van der Waals surface area contributed by atoms with Gasteiger partial charge in [-0.15, -0.1) is 0 Å². The second-order valence-electron chi connectivity index (χ2n) is 9.67. The van der Waals surface area contributed by atoms with Crippen molar-refractivity contribution in [3.05, 3.63) is 48.9 Å². The average molecular weight is 473 g/mol. The molecule has 4 aromatic rings. The van der Waals surface area contributed by atoms with E-state index in [0.717, 1.165) is 67.2 Å². The Morgan fingerprint density at radius 2 is 1.80 bits per heavy atom. The second kappa shape index (κ2) is 8.98. The van der Waals surface area contributed by atoms with Crippen LogP contribution in [-0.2, 0) is 4.74 Å². The van der Waals surface area contributed by atoms with Gasteiger partial charge in [-0.2, -0.15) is 10.2 Å². The normalized spacial score (nSPS) is 21.6. The SMILES string of the molecule is C[C@@H]1CNC[C@H](C)N1c1cccc(-c2cc(-c3ccnn3C3CCOCC3)c3c(N)ncnn23)c1. The number of ether oxygens (including phenoxy) is 1. The molecule has 9 heteroatoms. The number of hydrogen-bond acceptors (Lipinski definition) is 7. The molecule has 0 unspecified atom stereocenters. The maximum atomic E-state index is 6.43. The predicted octanol–water partition coefficient (Wildman–Crippen LogP) is 3.38. The third-order valence-corrected chi connectivity index (χ3v) is 7.33. The van der Waals surface area contributed by atoms with E-state index < -0.39 is 0 Å². The quantitative estimate of drug-likeness (QED) is 0.470.